The van der Waals surface area contributed by atoms with Gasteiger partial charge >= 0.3 is 0 Å². The number of rotatable bonds is 4. The Kier molecular flexibility index (Phi) is 4.80. The lowest BCUT2D eigenvalue weighted by atomic mass is 9.76. The van der Waals surface area contributed by atoms with Gasteiger partial charge in [-0.2, -0.15) is 4.98 Å². The zero-order chi connectivity index (χ0) is 20.0. The first kappa shape index (κ1) is 18.6. The number of nitrogens with zero attached hydrogens (tertiary/aromatic N) is 3. The predicted octanol–water partition coefficient (Wildman–Crippen LogP) is 5.13. The third kappa shape index (κ3) is 3.32. The Labute approximate surface area is 175 Å². The predicted molar refractivity (Wildman–Crippen MR) is 112 cm³/mol. The summed E-state index contributed by atoms with van der Waals surface area (Å²) in [5.74, 6) is 2.70. The van der Waals surface area contributed by atoms with E-state index in [4.69, 9.17) is 25.8 Å². The van der Waals surface area contributed by atoms with E-state index in [1.54, 1.807) is 7.11 Å². The van der Waals surface area contributed by atoms with Gasteiger partial charge in [0.05, 0.1) is 13.0 Å². The molecule has 2 saturated heterocycles. The SMILES string of the molecule is COc1ccc(-c2noc(C3C(c4ccc(Cl)cc4)CC4CCC3N4C)n2)cc1. The van der Waals surface area contributed by atoms with Crippen molar-refractivity contribution in [1.82, 2.24) is 15.0 Å². The Hall–Kier alpha value is -2.37. The Morgan fingerprint density at radius 3 is 2.55 bits per heavy atom. The topological polar surface area (TPSA) is 51.4 Å². The number of piperidine rings is 1. The van der Waals surface area contributed by atoms with Crippen molar-refractivity contribution in [3.05, 3.63) is 65.0 Å². The molecule has 2 aliphatic heterocycles. The molecule has 0 aliphatic carbocycles. The molecule has 1 aromatic heterocycles. The maximum absolute atomic E-state index is 6.13. The van der Waals surface area contributed by atoms with E-state index in [0.29, 0.717) is 23.8 Å². The smallest absolute Gasteiger partial charge is 0.232 e. The first-order valence-corrected chi connectivity index (χ1v) is 10.5. The molecule has 5 rings (SSSR count). The molecule has 150 valence electrons. The molecule has 2 aromatic carbocycles. The van der Waals surface area contributed by atoms with E-state index < -0.39 is 0 Å². The summed E-state index contributed by atoms with van der Waals surface area (Å²) in [5, 5.41) is 5.06. The Bertz CT molecular complexity index is 986. The maximum atomic E-state index is 6.13. The average Bonchev–Trinajstić information content (AvgIpc) is 3.31. The van der Waals surface area contributed by atoms with Gasteiger partial charge in [-0.05, 0) is 74.2 Å². The number of likely N-dealkylation sites (N-methyl/N-ethyl adjacent to an activating group) is 1. The van der Waals surface area contributed by atoms with Crippen molar-refractivity contribution in [3.8, 4) is 17.1 Å². The fraction of sp³-hybridized carbons (Fsp3) is 0.391. The van der Waals surface area contributed by atoms with Crippen LogP contribution < -0.4 is 4.74 Å². The number of ether oxygens (including phenoxy) is 1. The second kappa shape index (κ2) is 7.47. The number of aromatic nitrogens is 2. The zero-order valence-electron chi connectivity index (χ0n) is 16.6. The van der Waals surface area contributed by atoms with Gasteiger partial charge in [0, 0.05) is 22.7 Å². The van der Waals surface area contributed by atoms with E-state index in [1.165, 1.54) is 12.0 Å². The molecule has 29 heavy (non-hydrogen) atoms. The van der Waals surface area contributed by atoms with E-state index in [0.717, 1.165) is 35.1 Å². The van der Waals surface area contributed by atoms with Crippen LogP contribution in [0, 0.1) is 0 Å². The molecule has 4 unspecified atom stereocenters. The van der Waals surface area contributed by atoms with Crippen molar-refractivity contribution < 1.29 is 9.26 Å². The summed E-state index contributed by atoms with van der Waals surface area (Å²) in [4.78, 5) is 7.34. The Morgan fingerprint density at radius 1 is 1.07 bits per heavy atom. The molecule has 0 saturated carbocycles. The molecule has 3 heterocycles. The molecular formula is C23H24ClN3O2. The summed E-state index contributed by atoms with van der Waals surface area (Å²) >= 11 is 6.13. The second-order valence-electron chi connectivity index (χ2n) is 8.07. The number of fused-ring (bicyclic) bond motifs is 2. The van der Waals surface area contributed by atoms with E-state index >= 15 is 0 Å². The highest BCUT2D eigenvalue weighted by atomic mass is 35.5. The molecule has 2 aliphatic rings. The fourth-order valence-corrected chi connectivity index (χ4v) is 5.21. The summed E-state index contributed by atoms with van der Waals surface area (Å²) in [7, 11) is 3.89. The lowest BCUT2D eigenvalue weighted by Gasteiger charge is -2.41. The van der Waals surface area contributed by atoms with E-state index in [9.17, 15) is 0 Å². The molecule has 0 spiro atoms. The van der Waals surface area contributed by atoms with Crippen LogP contribution in [0.3, 0.4) is 0 Å². The van der Waals surface area contributed by atoms with Crippen molar-refractivity contribution in [2.24, 2.45) is 0 Å². The van der Waals surface area contributed by atoms with Crippen molar-refractivity contribution in [3.63, 3.8) is 0 Å². The fourth-order valence-electron chi connectivity index (χ4n) is 5.08. The van der Waals surface area contributed by atoms with E-state index in [2.05, 4.69) is 29.2 Å². The van der Waals surface area contributed by atoms with Gasteiger partial charge in [0.1, 0.15) is 5.75 Å². The molecular weight excluding hydrogens is 386 g/mol. The van der Waals surface area contributed by atoms with Crippen LogP contribution in [0.4, 0.5) is 0 Å². The number of hydrogen-bond donors (Lipinski definition) is 0. The van der Waals surface area contributed by atoms with Gasteiger partial charge in [0.15, 0.2) is 0 Å². The number of benzene rings is 2. The van der Waals surface area contributed by atoms with Crippen molar-refractivity contribution in [2.75, 3.05) is 14.2 Å². The Balaban J connectivity index is 1.50. The molecule has 0 N–H and O–H groups in total. The first-order chi connectivity index (χ1) is 14.1. The van der Waals surface area contributed by atoms with Crippen LogP contribution in [-0.4, -0.2) is 41.3 Å². The third-order valence-corrected chi connectivity index (χ3v) is 6.89. The minimum atomic E-state index is 0.180. The van der Waals surface area contributed by atoms with Crippen molar-refractivity contribution in [1.29, 1.82) is 0 Å². The summed E-state index contributed by atoms with van der Waals surface area (Å²) in [6.07, 6.45) is 3.48. The minimum Gasteiger partial charge on any atom is -0.497 e. The number of methoxy groups -OCH3 is 1. The highest BCUT2D eigenvalue weighted by molar-refractivity contribution is 6.30. The van der Waals surface area contributed by atoms with Crippen molar-refractivity contribution >= 4 is 11.6 Å². The molecule has 5 nitrogen and oxygen atoms in total. The van der Waals surface area contributed by atoms with Gasteiger partial charge in [-0.1, -0.05) is 28.9 Å². The van der Waals surface area contributed by atoms with Gasteiger partial charge in [-0.3, -0.25) is 4.90 Å². The number of halogens is 1. The standard InChI is InChI=1S/C23H24ClN3O2/c1-27-17-9-12-20(27)21(19(13-17)14-3-7-16(24)8-4-14)23-25-22(26-29-23)15-5-10-18(28-2)11-6-15/h3-8,10-11,17,19-21H,9,12-13H2,1-2H3. The van der Waals surface area contributed by atoms with Gasteiger partial charge in [0.25, 0.3) is 0 Å². The van der Waals surface area contributed by atoms with Crippen LogP contribution in [0.2, 0.25) is 5.02 Å². The van der Waals surface area contributed by atoms with Crippen LogP contribution in [-0.2, 0) is 0 Å². The molecule has 0 amide bonds. The highest BCUT2D eigenvalue weighted by Crippen LogP contribution is 2.50. The second-order valence-corrected chi connectivity index (χ2v) is 8.50. The van der Waals surface area contributed by atoms with Crippen LogP contribution in [0.25, 0.3) is 11.4 Å². The van der Waals surface area contributed by atoms with Gasteiger partial charge in [0.2, 0.25) is 11.7 Å². The molecule has 3 aromatic rings. The molecule has 6 heteroatoms. The monoisotopic (exact) mass is 409 g/mol. The highest BCUT2D eigenvalue weighted by Gasteiger charge is 2.48. The van der Waals surface area contributed by atoms with E-state index in [-0.39, 0.29) is 5.92 Å². The van der Waals surface area contributed by atoms with Gasteiger partial charge < -0.3 is 9.26 Å². The van der Waals surface area contributed by atoms with Crippen molar-refractivity contribution in [2.45, 2.75) is 43.2 Å². The Morgan fingerprint density at radius 2 is 1.83 bits per heavy atom. The van der Waals surface area contributed by atoms with Crippen LogP contribution in [0.1, 0.15) is 42.6 Å². The molecule has 0 radical (unpaired) electrons. The number of hydrogen-bond acceptors (Lipinski definition) is 5. The average molecular weight is 410 g/mol. The van der Waals surface area contributed by atoms with Crippen LogP contribution in [0.5, 0.6) is 5.75 Å². The van der Waals surface area contributed by atoms with E-state index in [1.807, 2.05) is 36.4 Å². The summed E-state index contributed by atoms with van der Waals surface area (Å²) in [6, 6.07) is 17.0. The lowest BCUT2D eigenvalue weighted by molar-refractivity contribution is 0.120. The molecule has 2 bridgehead atoms. The first-order valence-electron chi connectivity index (χ1n) is 10.1. The third-order valence-electron chi connectivity index (χ3n) is 6.64. The minimum absolute atomic E-state index is 0.180. The van der Waals surface area contributed by atoms with Gasteiger partial charge in [-0.25, -0.2) is 0 Å². The quantitative estimate of drug-likeness (QED) is 0.597. The molecule has 4 atom stereocenters. The van der Waals surface area contributed by atoms with Crippen LogP contribution >= 0.6 is 11.6 Å². The summed E-state index contributed by atoms with van der Waals surface area (Å²) < 4.78 is 11.1. The zero-order valence-corrected chi connectivity index (χ0v) is 17.3. The lowest BCUT2D eigenvalue weighted by Crippen LogP contribution is -2.44. The summed E-state index contributed by atoms with van der Waals surface area (Å²) in [5.41, 5.74) is 2.23. The van der Waals surface area contributed by atoms with Crippen LogP contribution in [0.15, 0.2) is 53.1 Å². The largest absolute Gasteiger partial charge is 0.497 e. The normalized spacial score (nSPS) is 26.6. The molecule has 2 fully saturated rings. The summed E-state index contributed by atoms with van der Waals surface area (Å²) in [6.45, 7) is 0. The van der Waals surface area contributed by atoms with Gasteiger partial charge in [-0.15, -0.1) is 0 Å². The maximum Gasteiger partial charge on any atom is 0.232 e.